The molecule has 1 heterocycles. The first-order valence-electron chi connectivity index (χ1n) is 6.69. The second-order valence-corrected chi connectivity index (χ2v) is 4.64. The highest BCUT2D eigenvalue weighted by molar-refractivity contribution is 5.85. The third-order valence-corrected chi connectivity index (χ3v) is 3.07. The van der Waals surface area contributed by atoms with Gasteiger partial charge in [0.05, 0.1) is 0 Å². The van der Waals surface area contributed by atoms with Gasteiger partial charge in [0, 0.05) is 6.08 Å². The third-order valence-electron chi connectivity index (χ3n) is 3.07. The van der Waals surface area contributed by atoms with Crippen LogP contribution >= 0.6 is 0 Å². The average Bonchev–Trinajstić information content (AvgIpc) is 2.68. The Morgan fingerprint density at radius 1 is 1.06 bits per heavy atom. The lowest BCUT2D eigenvalue weighted by atomic mass is 10.0. The van der Waals surface area contributed by atoms with Gasteiger partial charge in [0.1, 0.15) is 6.61 Å². The monoisotopic (exact) mass is 224 g/mol. The fraction of sp³-hybridized carbons (Fsp3) is 0.786. The molecular weight excluding hydrogens is 200 g/mol. The van der Waals surface area contributed by atoms with Crippen molar-refractivity contribution in [1.82, 2.24) is 0 Å². The van der Waals surface area contributed by atoms with Crippen LogP contribution in [0.5, 0.6) is 0 Å². The van der Waals surface area contributed by atoms with Gasteiger partial charge in [0.2, 0.25) is 0 Å². The summed E-state index contributed by atoms with van der Waals surface area (Å²) in [5.41, 5.74) is 1.18. The first-order chi connectivity index (χ1) is 7.83. The van der Waals surface area contributed by atoms with E-state index in [1.807, 2.05) is 0 Å². The molecule has 0 aliphatic carbocycles. The number of cyclic esters (lactones) is 1. The Morgan fingerprint density at radius 2 is 1.69 bits per heavy atom. The van der Waals surface area contributed by atoms with Crippen LogP contribution in [0.1, 0.15) is 64.7 Å². The van der Waals surface area contributed by atoms with Gasteiger partial charge >= 0.3 is 5.97 Å². The van der Waals surface area contributed by atoms with E-state index >= 15 is 0 Å². The Bertz CT molecular complexity index is 231. The molecule has 2 nitrogen and oxygen atoms in total. The second kappa shape index (κ2) is 8.37. The van der Waals surface area contributed by atoms with Crippen molar-refractivity contribution < 1.29 is 9.53 Å². The highest BCUT2D eigenvalue weighted by atomic mass is 16.5. The number of carbonyl (C=O) groups is 1. The molecule has 1 aliphatic rings. The van der Waals surface area contributed by atoms with Crippen molar-refractivity contribution in [3.8, 4) is 0 Å². The Kier molecular flexibility index (Phi) is 6.95. The summed E-state index contributed by atoms with van der Waals surface area (Å²) in [6.07, 6.45) is 13.4. The summed E-state index contributed by atoms with van der Waals surface area (Å²) in [7, 11) is 0. The average molecular weight is 224 g/mol. The van der Waals surface area contributed by atoms with Gasteiger partial charge in [0.15, 0.2) is 0 Å². The van der Waals surface area contributed by atoms with Crippen molar-refractivity contribution >= 4 is 5.97 Å². The summed E-state index contributed by atoms with van der Waals surface area (Å²) in [6.45, 7) is 2.79. The summed E-state index contributed by atoms with van der Waals surface area (Å²) in [5.74, 6) is -0.158. The van der Waals surface area contributed by atoms with Crippen molar-refractivity contribution in [2.45, 2.75) is 64.7 Å². The van der Waals surface area contributed by atoms with Gasteiger partial charge in [0.25, 0.3) is 0 Å². The number of ether oxygens (including phenoxy) is 1. The normalized spacial score (nSPS) is 15.1. The second-order valence-electron chi connectivity index (χ2n) is 4.64. The van der Waals surface area contributed by atoms with Gasteiger partial charge < -0.3 is 4.74 Å². The maximum atomic E-state index is 10.8. The fourth-order valence-electron chi connectivity index (χ4n) is 2.04. The highest BCUT2D eigenvalue weighted by Gasteiger charge is 2.11. The van der Waals surface area contributed by atoms with Gasteiger partial charge in [-0.2, -0.15) is 0 Å². The molecule has 0 radical (unpaired) electrons. The lowest BCUT2D eigenvalue weighted by Crippen LogP contribution is -1.91. The van der Waals surface area contributed by atoms with Gasteiger partial charge in [-0.05, 0) is 18.4 Å². The number of hydrogen-bond acceptors (Lipinski definition) is 2. The number of esters is 1. The third kappa shape index (κ3) is 5.94. The molecule has 0 aromatic carbocycles. The topological polar surface area (TPSA) is 26.3 Å². The minimum atomic E-state index is -0.158. The smallest absolute Gasteiger partial charge is 0.331 e. The van der Waals surface area contributed by atoms with E-state index in [-0.39, 0.29) is 5.97 Å². The van der Waals surface area contributed by atoms with E-state index in [1.165, 1.54) is 56.9 Å². The van der Waals surface area contributed by atoms with Gasteiger partial charge in [-0.15, -0.1) is 0 Å². The Morgan fingerprint density at radius 3 is 2.25 bits per heavy atom. The molecule has 0 bridgehead atoms. The van der Waals surface area contributed by atoms with Crippen LogP contribution in [-0.2, 0) is 9.53 Å². The van der Waals surface area contributed by atoms with Crippen LogP contribution in [-0.4, -0.2) is 12.6 Å². The predicted octanol–water partition coefficient (Wildman–Crippen LogP) is 4.00. The van der Waals surface area contributed by atoms with Gasteiger partial charge in [-0.3, -0.25) is 0 Å². The fourth-order valence-corrected chi connectivity index (χ4v) is 2.04. The van der Waals surface area contributed by atoms with Crippen LogP contribution in [0.3, 0.4) is 0 Å². The van der Waals surface area contributed by atoms with Crippen molar-refractivity contribution in [2.75, 3.05) is 6.61 Å². The summed E-state index contributed by atoms with van der Waals surface area (Å²) in [5, 5.41) is 0. The standard InChI is InChI=1S/C14H24O2/c1-2-3-4-5-6-7-8-9-10-13-11-14(15)16-12-13/h11H,2-10,12H2,1H3. The van der Waals surface area contributed by atoms with E-state index in [0.29, 0.717) is 6.61 Å². The number of carbonyl (C=O) groups excluding carboxylic acids is 1. The van der Waals surface area contributed by atoms with Crippen molar-refractivity contribution in [3.63, 3.8) is 0 Å². The van der Waals surface area contributed by atoms with Crippen LogP contribution in [0.15, 0.2) is 11.6 Å². The molecule has 0 saturated heterocycles. The molecule has 0 fully saturated rings. The summed E-state index contributed by atoms with van der Waals surface area (Å²) >= 11 is 0. The quantitative estimate of drug-likeness (QED) is 0.437. The van der Waals surface area contributed by atoms with Crippen LogP contribution in [0.2, 0.25) is 0 Å². The molecule has 0 N–H and O–H groups in total. The molecule has 0 aromatic heterocycles. The zero-order valence-corrected chi connectivity index (χ0v) is 10.5. The van der Waals surface area contributed by atoms with Crippen LogP contribution in [0.25, 0.3) is 0 Å². The van der Waals surface area contributed by atoms with Crippen LogP contribution < -0.4 is 0 Å². The minimum absolute atomic E-state index is 0.158. The first kappa shape index (κ1) is 13.3. The summed E-state index contributed by atoms with van der Waals surface area (Å²) in [4.78, 5) is 10.8. The van der Waals surface area contributed by atoms with Gasteiger partial charge in [-0.1, -0.05) is 51.9 Å². The molecule has 0 aromatic rings. The minimum Gasteiger partial charge on any atom is -0.458 e. The van der Waals surface area contributed by atoms with E-state index in [1.54, 1.807) is 6.08 Å². The Labute approximate surface area is 99.1 Å². The number of hydrogen-bond donors (Lipinski definition) is 0. The zero-order valence-electron chi connectivity index (χ0n) is 10.5. The molecule has 2 heteroatoms. The molecule has 0 saturated carbocycles. The van der Waals surface area contributed by atoms with Crippen LogP contribution in [0.4, 0.5) is 0 Å². The number of rotatable bonds is 9. The van der Waals surface area contributed by atoms with Crippen molar-refractivity contribution in [2.24, 2.45) is 0 Å². The van der Waals surface area contributed by atoms with Crippen molar-refractivity contribution in [1.29, 1.82) is 0 Å². The maximum absolute atomic E-state index is 10.8. The lowest BCUT2D eigenvalue weighted by Gasteiger charge is -2.02. The molecule has 16 heavy (non-hydrogen) atoms. The summed E-state index contributed by atoms with van der Waals surface area (Å²) in [6, 6.07) is 0. The Balaban J connectivity index is 1.85. The largest absolute Gasteiger partial charge is 0.458 e. The summed E-state index contributed by atoms with van der Waals surface area (Å²) < 4.78 is 4.86. The molecule has 92 valence electrons. The van der Waals surface area contributed by atoms with Crippen molar-refractivity contribution in [3.05, 3.63) is 11.6 Å². The maximum Gasteiger partial charge on any atom is 0.331 e. The van der Waals surface area contributed by atoms with Gasteiger partial charge in [-0.25, -0.2) is 4.79 Å². The lowest BCUT2D eigenvalue weighted by molar-refractivity contribution is -0.134. The van der Waals surface area contributed by atoms with E-state index < -0.39 is 0 Å². The first-order valence-corrected chi connectivity index (χ1v) is 6.69. The SMILES string of the molecule is CCCCCCCCCCC1=CC(=O)OC1. The molecular formula is C14H24O2. The Hall–Kier alpha value is -0.790. The van der Waals surface area contributed by atoms with E-state index in [0.717, 1.165) is 6.42 Å². The van der Waals surface area contributed by atoms with E-state index in [4.69, 9.17) is 4.74 Å². The van der Waals surface area contributed by atoms with Crippen LogP contribution in [0, 0.1) is 0 Å². The predicted molar refractivity (Wildman–Crippen MR) is 66.3 cm³/mol. The number of unbranched alkanes of at least 4 members (excludes halogenated alkanes) is 7. The highest BCUT2D eigenvalue weighted by Crippen LogP contribution is 2.16. The molecule has 0 spiro atoms. The molecule has 0 atom stereocenters. The molecule has 1 rings (SSSR count). The molecule has 1 aliphatic heterocycles. The van der Waals surface area contributed by atoms with E-state index in [2.05, 4.69) is 6.92 Å². The molecule has 0 unspecified atom stereocenters. The zero-order chi connectivity index (χ0) is 11.6. The molecule has 0 amide bonds. The van der Waals surface area contributed by atoms with E-state index in [9.17, 15) is 4.79 Å².